The van der Waals surface area contributed by atoms with Gasteiger partial charge in [0.25, 0.3) is 5.91 Å². The fraction of sp³-hybridized carbons (Fsp3) is 0.208. The van der Waals surface area contributed by atoms with Crippen molar-refractivity contribution in [1.82, 2.24) is 15.2 Å². The van der Waals surface area contributed by atoms with E-state index in [9.17, 15) is 19.1 Å². The van der Waals surface area contributed by atoms with Crippen LogP contribution in [0.5, 0.6) is 0 Å². The minimum Gasteiger partial charge on any atom is -0.503 e. The number of ketones is 1. The molecule has 0 saturated heterocycles. The van der Waals surface area contributed by atoms with Crippen molar-refractivity contribution < 1.29 is 23.5 Å². The second-order valence-corrected chi connectivity index (χ2v) is 11.4. The average molecular weight is 543 g/mol. The predicted octanol–water partition coefficient (Wildman–Crippen LogP) is 5.73. The second kappa shape index (κ2) is 9.60. The number of aryl methyl sites for hydroxylation is 3. The van der Waals surface area contributed by atoms with Gasteiger partial charge in [-0.05, 0) is 50.6 Å². The van der Waals surface area contributed by atoms with Crippen LogP contribution in [0.25, 0.3) is 0 Å². The molecule has 0 aliphatic carbocycles. The zero-order valence-corrected chi connectivity index (χ0v) is 21.8. The van der Waals surface area contributed by atoms with Gasteiger partial charge in [-0.25, -0.2) is 9.37 Å². The second-order valence-electron chi connectivity index (χ2n) is 8.03. The van der Waals surface area contributed by atoms with Gasteiger partial charge in [-0.15, -0.1) is 21.5 Å². The lowest BCUT2D eigenvalue weighted by Gasteiger charge is -2.21. The number of furan rings is 1. The van der Waals surface area contributed by atoms with Crippen LogP contribution in [0.2, 0.25) is 0 Å². The SMILES string of the molecule is Cc1ccc(C2C(C(=O)c3sc(C)nc3C)=C(O)C(=O)N2c2nnc(SCc3ccc(F)cc3)s2)o1. The van der Waals surface area contributed by atoms with E-state index in [2.05, 4.69) is 15.2 Å². The predicted molar refractivity (Wildman–Crippen MR) is 135 cm³/mol. The topological polar surface area (TPSA) is 109 Å². The molecule has 1 aliphatic rings. The lowest BCUT2D eigenvalue weighted by Crippen LogP contribution is -2.30. The maximum atomic E-state index is 13.6. The van der Waals surface area contributed by atoms with Crippen LogP contribution in [0.4, 0.5) is 9.52 Å². The lowest BCUT2D eigenvalue weighted by molar-refractivity contribution is -0.117. The van der Waals surface area contributed by atoms with Crippen LogP contribution < -0.4 is 4.90 Å². The Bertz CT molecular complexity index is 1510. The highest BCUT2D eigenvalue weighted by atomic mass is 32.2. The molecule has 4 aromatic rings. The third-order valence-corrected chi connectivity index (χ3v) is 8.67. The first-order valence-corrected chi connectivity index (χ1v) is 13.4. The van der Waals surface area contributed by atoms with Crippen molar-refractivity contribution in [3.05, 3.63) is 86.2 Å². The van der Waals surface area contributed by atoms with E-state index >= 15 is 0 Å². The van der Waals surface area contributed by atoms with Crippen molar-refractivity contribution in [2.75, 3.05) is 4.90 Å². The summed E-state index contributed by atoms with van der Waals surface area (Å²) in [6.07, 6.45) is 0. The van der Waals surface area contributed by atoms with E-state index in [-0.39, 0.29) is 16.5 Å². The van der Waals surface area contributed by atoms with E-state index in [1.807, 2.05) is 0 Å². The first kappa shape index (κ1) is 24.3. The number of halogens is 1. The standard InChI is InChI=1S/C24H19FN4O4S3/c1-11-4-9-16(33-11)18-17(19(30)21-12(2)26-13(3)35-21)20(31)22(32)29(18)23-27-28-24(36-23)34-10-14-5-7-15(25)8-6-14/h4-9,18,31H,10H2,1-3H3. The van der Waals surface area contributed by atoms with Gasteiger partial charge in [-0.2, -0.15) is 0 Å². The molecule has 1 unspecified atom stereocenters. The Balaban J connectivity index is 1.48. The number of amides is 1. The molecule has 0 spiro atoms. The summed E-state index contributed by atoms with van der Waals surface area (Å²) >= 11 is 3.74. The number of thioether (sulfide) groups is 1. The van der Waals surface area contributed by atoms with Crippen LogP contribution in [0.3, 0.4) is 0 Å². The Morgan fingerprint density at radius 3 is 2.53 bits per heavy atom. The highest BCUT2D eigenvalue weighted by molar-refractivity contribution is 8.00. The molecule has 0 saturated carbocycles. The van der Waals surface area contributed by atoms with E-state index in [0.29, 0.717) is 37.2 Å². The smallest absolute Gasteiger partial charge is 0.296 e. The summed E-state index contributed by atoms with van der Waals surface area (Å²) in [6.45, 7) is 5.25. The highest BCUT2D eigenvalue weighted by Gasteiger charge is 2.48. The first-order chi connectivity index (χ1) is 17.2. The van der Waals surface area contributed by atoms with E-state index in [0.717, 1.165) is 16.9 Å². The van der Waals surface area contributed by atoms with Crippen LogP contribution in [-0.2, 0) is 10.5 Å². The number of Topliss-reactive ketones (excluding diaryl/α,β-unsaturated/α-hetero) is 1. The molecule has 36 heavy (non-hydrogen) atoms. The molecule has 0 radical (unpaired) electrons. The van der Waals surface area contributed by atoms with Crippen molar-refractivity contribution in [3.8, 4) is 0 Å². The number of aliphatic hydroxyl groups excluding tert-OH is 1. The molecule has 4 heterocycles. The van der Waals surface area contributed by atoms with Crippen molar-refractivity contribution >= 4 is 51.3 Å². The van der Waals surface area contributed by atoms with Crippen molar-refractivity contribution in [2.45, 2.75) is 36.9 Å². The van der Waals surface area contributed by atoms with Crippen LogP contribution in [0, 0.1) is 26.6 Å². The number of hydrogen-bond donors (Lipinski definition) is 1. The zero-order chi connectivity index (χ0) is 25.6. The van der Waals surface area contributed by atoms with Gasteiger partial charge in [0, 0.05) is 5.75 Å². The highest BCUT2D eigenvalue weighted by Crippen LogP contribution is 2.44. The van der Waals surface area contributed by atoms with E-state index < -0.39 is 23.5 Å². The molecule has 1 N–H and O–H groups in total. The van der Waals surface area contributed by atoms with Crippen LogP contribution in [0.1, 0.15) is 43.5 Å². The fourth-order valence-electron chi connectivity index (χ4n) is 3.85. The Morgan fingerprint density at radius 2 is 1.89 bits per heavy atom. The van der Waals surface area contributed by atoms with Gasteiger partial charge in [0.15, 0.2) is 10.1 Å². The molecule has 1 amide bonds. The molecular weight excluding hydrogens is 523 g/mol. The van der Waals surface area contributed by atoms with Crippen LogP contribution in [0.15, 0.2) is 56.5 Å². The third-order valence-electron chi connectivity index (χ3n) is 5.47. The quantitative estimate of drug-likeness (QED) is 0.179. The number of anilines is 1. The molecule has 5 rings (SSSR count). The number of hydrogen-bond acceptors (Lipinski definition) is 10. The molecule has 1 atom stereocenters. The number of thiazole rings is 1. The molecule has 12 heteroatoms. The molecule has 1 aromatic carbocycles. The van der Waals surface area contributed by atoms with Gasteiger partial charge in [-0.1, -0.05) is 35.2 Å². The van der Waals surface area contributed by atoms with Gasteiger partial charge in [0.05, 0.1) is 21.2 Å². The molecule has 0 fully saturated rings. The van der Waals surface area contributed by atoms with Crippen molar-refractivity contribution in [3.63, 3.8) is 0 Å². The van der Waals surface area contributed by atoms with Gasteiger partial charge < -0.3 is 9.52 Å². The number of carbonyl (C=O) groups is 2. The largest absolute Gasteiger partial charge is 0.503 e. The first-order valence-electron chi connectivity index (χ1n) is 10.8. The maximum Gasteiger partial charge on any atom is 0.296 e. The maximum absolute atomic E-state index is 13.6. The van der Waals surface area contributed by atoms with Gasteiger partial charge in [0.1, 0.15) is 23.4 Å². The van der Waals surface area contributed by atoms with Crippen molar-refractivity contribution in [2.24, 2.45) is 0 Å². The number of benzene rings is 1. The Hall–Kier alpha value is -3.35. The minimum atomic E-state index is -1.01. The van der Waals surface area contributed by atoms with Crippen molar-refractivity contribution in [1.29, 1.82) is 0 Å². The third kappa shape index (κ3) is 4.47. The Morgan fingerprint density at radius 1 is 1.14 bits per heavy atom. The molecule has 3 aromatic heterocycles. The molecule has 1 aliphatic heterocycles. The van der Waals surface area contributed by atoms with E-state index in [4.69, 9.17) is 4.42 Å². The molecule has 184 valence electrons. The van der Waals surface area contributed by atoms with Gasteiger partial charge in [-0.3, -0.25) is 14.5 Å². The summed E-state index contributed by atoms with van der Waals surface area (Å²) in [5.41, 5.74) is 1.34. The molecule has 0 bridgehead atoms. The number of rotatable bonds is 7. The minimum absolute atomic E-state index is 0.0863. The number of aliphatic hydroxyl groups is 1. The summed E-state index contributed by atoms with van der Waals surface area (Å²) in [7, 11) is 0. The summed E-state index contributed by atoms with van der Waals surface area (Å²) < 4.78 is 19.5. The molecular formula is C24H19FN4O4S3. The van der Waals surface area contributed by atoms with Crippen LogP contribution >= 0.6 is 34.4 Å². The summed E-state index contributed by atoms with van der Waals surface area (Å²) in [5, 5.41) is 20.1. The van der Waals surface area contributed by atoms with Crippen LogP contribution in [-0.4, -0.2) is 32.0 Å². The Kier molecular flexibility index (Phi) is 6.49. The van der Waals surface area contributed by atoms with E-state index in [1.54, 1.807) is 45.0 Å². The fourth-order valence-corrected chi connectivity index (χ4v) is 6.55. The Labute approximate surface area is 217 Å². The van der Waals surface area contributed by atoms with Gasteiger partial charge in [0.2, 0.25) is 10.9 Å². The lowest BCUT2D eigenvalue weighted by atomic mass is 10.00. The summed E-state index contributed by atoms with van der Waals surface area (Å²) in [5.74, 6) is -0.768. The average Bonchev–Trinajstić information content (AvgIpc) is 3.61. The summed E-state index contributed by atoms with van der Waals surface area (Å²) in [4.78, 5) is 32.7. The zero-order valence-electron chi connectivity index (χ0n) is 19.3. The summed E-state index contributed by atoms with van der Waals surface area (Å²) in [6, 6.07) is 8.53. The monoisotopic (exact) mass is 542 g/mol. The number of carbonyl (C=O) groups excluding carboxylic acids is 2. The number of nitrogens with zero attached hydrogens (tertiary/aromatic N) is 4. The number of aromatic nitrogens is 3. The normalized spacial score (nSPS) is 15.8. The van der Waals surface area contributed by atoms with E-state index in [1.165, 1.54) is 40.1 Å². The van der Waals surface area contributed by atoms with Gasteiger partial charge >= 0.3 is 0 Å². The molecule has 8 nitrogen and oxygen atoms in total.